The van der Waals surface area contributed by atoms with E-state index in [9.17, 15) is 4.79 Å². The number of aromatic nitrogens is 2. The Hall–Kier alpha value is -1.88. The lowest BCUT2D eigenvalue weighted by atomic mass is 9.96. The second-order valence-electron chi connectivity index (χ2n) is 4.90. The van der Waals surface area contributed by atoms with Crippen LogP contribution < -0.4 is 10.9 Å². The molecule has 0 radical (unpaired) electrons. The Morgan fingerprint density at radius 3 is 3.11 bits per heavy atom. The number of aromatic amines is 1. The van der Waals surface area contributed by atoms with Gasteiger partial charge < -0.3 is 14.8 Å². The minimum atomic E-state index is -0.0712. The molecular weight excluding hydrogens is 242 g/mol. The van der Waals surface area contributed by atoms with Gasteiger partial charge in [0, 0.05) is 37.3 Å². The Labute approximate surface area is 111 Å². The smallest absolute Gasteiger partial charge is 0.248 e. The Bertz CT molecular complexity index is 615. The molecule has 5 nitrogen and oxygen atoms in total. The average Bonchev–Trinajstić information content (AvgIpc) is 2.83. The number of hydrogen-bond donors (Lipinski definition) is 2. The predicted octanol–water partition coefficient (Wildman–Crippen LogP) is 1.53. The van der Waals surface area contributed by atoms with Crippen molar-refractivity contribution in [1.29, 1.82) is 0 Å². The molecule has 1 aliphatic rings. The first-order valence-corrected chi connectivity index (χ1v) is 6.67. The molecule has 2 aromatic heterocycles. The molecule has 0 bridgehead atoms. The van der Waals surface area contributed by atoms with E-state index in [4.69, 9.17) is 4.52 Å². The van der Waals surface area contributed by atoms with Crippen molar-refractivity contribution in [2.24, 2.45) is 0 Å². The number of nitrogens with one attached hydrogen (secondary N) is 2. The van der Waals surface area contributed by atoms with Gasteiger partial charge in [0.1, 0.15) is 11.5 Å². The number of hydrogen-bond acceptors (Lipinski definition) is 4. The van der Waals surface area contributed by atoms with Crippen molar-refractivity contribution >= 4 is 0 Å². The largest absolute Gasteiger partial charge is 0.361 e. The summed E-state index contributed by atoms with van der Waals surface area (Å²) in [7, 11) is 0. The van der Waals surface area contributed by atoms with Crippen LogP contribution in [0.15, 0.2) is 27.6 Å². The Morgan fingerprint density at radius 2 is 2.21 bits per heavy atom. The Morgan fingerprint density at radius 1 is 1.32 bits per heavy atom. The van der Waals surface area contributed by atoms with Gasteiger partial charge in [-0.15, -0.1) is 0 Å². The highest BCUT2D eigenvalue weighted by Gasteiger charge is 2.18. The first-order chi connectivity index (χ1) is 9.33. The summed E-state index contributed by atoms with van der Waals surface area (Å²) in [5.74, 6) is 1.05. The third-order valence-corrected chi connectivity index (χ3v) is 3.49. The lowest BCUT2D eigenvalue weighted by Crippen LogP contribution is -2.16. The fourth-order valence-electron chi connectivity index (χ4n) is 2.51. The second kappa shape index (κ2) is 5.40. The van der Waals surface area contributed by atoms with E-state index in [0.717, 1.165) is 29.9 Å². The molecule has 100 valence electrons. The summed E-state index contributed by atoms with van der Waals surface area (Å²) in [4.78, 5) is 13.8. The minimum absolute atomic E-state index is 0.0712. The molecule has 0 saturated heterocycles. The van der Waals surface area contributed by atoms with Gasteiger partial charge >= 0.3 is 0 Å². The van der Waals surface area contributed by atoms with Crippen molar-refractivity contribution in [1.82, 2.24) is 15.5 Å². The average molecular weight is 259 g/mol. The zero-order valence-corrected chi connectivity index (χ0v) is 10.7. The van der Waals surface area contributed by atoms with Crippen molar-refractivity contribution in [3.63, 3.8) is 0 Å². The molecule has 2 heterocycles. The normalized spacial score (nSPS) is 14.3. The Balaban J connectivity index is 1.61. The van der Waals surface area contributed by atoms with E-state index in [1.54, 1.807) is 12.3 Å². The van der Waals surface area contributed by atoms with E-state index in [1.807, 2.05) is 6.07 Å². The monoisotopic (exact) mass is 259 g/mol. The zero-order valence-electron chi connectivity index (χ0n) is 10.7. The van der Waals surface area contributed by atoms with Gasteiger partial charge in [0.25, 0.3) is 0 Å². The van der Waals surface area contributed by atoms with Crippen LogP contribution in [0, 0.1) is 0 Å². The maximum Gasteiger partial charge on any atom is 0.248 e. The number of pyridine rings is 1. The van der Waals surface area contributed by atoms with E-state index >= 15 is 0 Å². The van der Waals surface area contributed by atoms with Crippen molar-refractivity contribution in [2.45, 2.75) is 38.8 Å². The quantitative estimate of drug-likeness (QED) is 0.873. The molecule has 19 heavy (non-hydrogen) atoms. The highest BCUT2D eigenvalue weighted by atomic mass is 16.5. The van der Waals surface area contributed by atoms with Crippen LogP contribution in [0.2, 0.25) is 0 Å². The van der Waals surface area contributed by atoms with Gasteiger partial charge in [-0.05, 0) is 30.9 Å². The van der Waals surface area contributed by atoms with E-state index in [1.165, 1.54) is 18.4 Å². The number of nitrogens with zero attached hydrogens (tertiary/aromatic N) is 1. The molecule has 0 spiro atoms. The molecule has 3 rings (SSSR count). The van der Waals surface area contributed by atoms with Gasteiger partial charge in [-0.2, -0.15) is 0 Å². The van der Waals surface area contributed by atoms with Crippen LogP contribution in [0.1, 0.15) is 35.4 Å². The van der Waals surface area contributed by atoms with Crippen LogP contribution in [0.3, 0.4) is 0 Å². The fourth-order valence-corrected chi connectivity index (χ4v) is 2.51. The first kappa shape index (κ1) is 12.2. The molecule has 5 heteroatoms. The molecule has 0 atom stereocenters. The number of aryl methyl sites for hydroxylation is 1. The summed E-state index contributed by atoms with van der Waals surface area (Å²) in [5, 5.41) is 7.45. The third-order valence-electron chi connectivity index (χ3n) is 3.49. The molecule has 0 amide bonds. The van der Waals surface area contributed by atoms with Crippen molar-refractivity contribution < 1.29 is 4.52 Å². The number of H-pyrrole nitrogens is 1. The van der Waals surface area contributed by atoms with Gasteiger partial charge in [0.05, 0.1) is 0 Å². The first-order valence-electron chi connectivity index (χ1n) is 6.67. The molecule has 0 aliphatic heterocycles. The van der Waals surface area contributed by atoms with Crippen molar-refractivity contribution in [3.05, 3.63) is 51.3 Å². The van der Waals surface area contributed by atoms with Crippen LogP contribution in [0.5, 0.6) is 0 Å². The molecule has 2 N–H and O–H groups in total. The van der Waals surface area contributed by atoms with E-state index in [-0.39, 0.29) is 5.56 Å². The van der Waals surface area contributed by atoms with Crippen molar-refractivity contribution in [3.8, 4) is 0 Å². The molecule has 2 aromatic rings. The molecule has 0 aromatic carbocycles. The van der Waals surface area contributed by atoms with Gasteiger partial charge in [0.2, 0.25) is 5.56 Å². The van der Waals surface area contributed by atoms with Gasteiger partial charge in [-0.1, -0.05) is 5.16 Å². The molecular formula is C14H17N3O2. The standard InChI is InChI=1S/C14H17N3O2/c18-14-7-10(5-6-16-14)8-15-9-12-11-3-1-2-4-13(11)19-17-12/h5-7,15H,1-4,8-9H2,(H,16,18). The van der Waals surface area contributed by atoms with Crippen LogP contribution in [0.4, 0.5) is 0 Å². The highest BCUT2D eigenvalue weighted by Crippen LogP contribution is 2.23. The summed E-state index contributed by atoms with van der Waals surface area (Å²) < 4.78 is 5.36. The summed E-state index contributed by atoms with van der Waals surface area (Å²) in [6, 6.07) is 3.50. The third kappa shape index (κ3) is 2.76. The van der Waals surface area contributed by atoms with Crippen LogP contribution in [-0.4, -0.2) is 10.1 Å². The summed E-state index contributed by atoms with van der Waals surface area (Å²) in [5.41, 5.74) is 3.20. The molecule has 1 aliphatic carbocycles. The molecule has 0 unspecified atom stereocenters. The topological polar surface area (TPSA) is 70.9 Å². The minimum Gasteiger partial charge on any atom is -0.361 e. The van der Waals surface area contributed by atoms with Gasteiger partial charge in [-0.3, -0.25) is 4.79 Å². The maximum absolute atomic E-state index is 11.2. The van der Waals surface area contributed by atoms with E-state index < -0.39 is 0 Å². The van der Waals surface area contributed by atoms with Gasteiger partial charge in [0.15, 0.2) is 0 Å². The SMILES string of the molecule is O=c1cc(CNCc2noc3c2CCCC3)cc[nH]1. The van der Waals surface area contributed by atoms with Gasteiger partial charge in [-0.25, -0.2) is 0 Å². The second-order valence-corrected chi connectivity index (χ2v) is 4.90. The van der Waals surface area contributed by atoms with Crippen LogP contribution >= 0.6 is 0 Å². The van der Waals surface area contributed by atoms with E-state index in [0.29, 0.717) is 13.1 Å². The van der Waals surface area contributed by atoms with Crippen molar-refractivity contribution in [2.75, 3.05) is 0 Å². The van der Waals surface area contributed by atoms with E-state index in [2.05, 4.69) is 15.5 Å². The summed E-state index contributed by atoms with van der Waals surface area (Å²) in [6.45, 7) is 1.34. The maximum atomic E-state index is 11.2. The predicted molar refractivity (Wildman–Crippen MR) is 70.8 cm³/mol. The summed E-state index contributed by atoms with van der Waals surface area (Å²) >= 11 is 0. The molecule has 0 fully saturated rings. The van der Waals surface area contributed by atoms with Crippen LogP contribution in [-0.2, 0) is 25.9 Å². The lowest BCUT2D eigenvalue weighted by molar-refractivity contribution is 0.366. The highest BCUT2D eigenvalue weighted by molar-refractivity contribution is 5.25. The summed E-state index contributed by atoms with van der Waals surface area (Å²) in [6.07, 6.45) is 6.16. The van der Waals surface area contributed by atoms with Crippen LogP contribution in [0.25, 0.3) is 0 Å². The fraction of sp³-hybridized carbons (Fsp3) is 0.429. The zero-order chi connectivity index (χ0) is 13.1. The Kier molecular flexibility index (Phi) is 3.46. The molecule has 0 saturated carbocycles. The number of fused-ring (bicyclic) bond motifs is 1. The number of rotatable bonds is 4. The lowest BCUT2D eigenvalue weighted by Gasteiger charge is -2.09.